The molecule has 3 heterocycles. The van der Waals surface area contributed by atoms with E-state index in [4.69, 9.17) is 14.2 Å². The second-order valence-corrected chi connectivity index (χ2v) is 19.0. The Balaban J connectivity index is 1.34. The third-order valence-electron chi connectivity index (χ3n) is 12.2. The Bertz CT molecular complexity index is 2030. The monoisotopic (exact) mass is 841 g/mol. The van der Waals surface area contributed by atoms with Crippen LogP contribution in [0.25, 0.3) is 10.8 Å². The highest BCUT2D eigenvalue weighted by molar-refractivity contribution is 7.91. The van der Waals surface area contributed by atoms with Crippen LogP contribution in [0.4, 0.5) is 22.4 Å². The topological polar surface area (TPSA) is 182 Å². The number of fused-ring (bicyclic) bond motifs is 3. The van der Waals surface area contributed by atoms with Crippen molar-refractivity contribution in [3.05, 3.63) is 30.5 Å². The second kappa shape index (κ2) is 16.0. The number of methoxy groups -OCH3 is 1. The zero-order valence-corrected chi connectivity index (χ0v) is 33.9. The van der Waals surface area contributed by atoms with Gasteiger partial charge in [-0.15, -0.1) is 0 Å². The van der Waals surface area contributed by atoms with Crippen LogP contribution in [0.3, 0.4) is 0 Å². The summed E-state index contributed by atoms with van der Waals surface area (Å²) >= 11 is 0. The largest absolute Gasteiger partial charge is 0.497 e. The Morgan fingerprint density at radius 1 is 1.07 bits per heavy atom. The number of hydrogen-bond acceptors (Lipinski definition) is 10. The van der Waals surface area contributed by atoms with Crippen molar-refractivity contribution in [2.24, 2.45) is 17.8 Å². The summed E-state index contributed by atoms with van der Waals surface area (Å²) in [6, 6.07) is 4.16. The Kier molecular flexibility index (Phi) is 11.9. The molecule has 2 saturated heterocycles. The number of sulfonamides is 1. The van der Waals surface area contributed by atoms with E-state index in [0.717, 1.165) is 10.3 Å². The van der Waals surface area contributed by atoms with Crippen LogP contribution in [0.5, 0.6) is 11.6 Å². The maximum atomic E-state index is 14.7. The molecule has 0 radical (unpaired) electrons. The molecule has 7 atom stereocenters. The van der Waals surface area contributed by atoms with Gasteiger partial charge in [0.15, 0.2) is 0 Å². The number of carbonyl (C=O) groups is 4. The molecule has 3 N–H and O–H groups in total. The number of alkyl halides is 4. The summed E-state index contributed by atoms with van der Waals surface area (Å²) in [5.41, 5.74) is -4.57. The van der Waals surface area contributed by atoms with E-state index in [-0.39, 0.29) is 44.0 Å². The average Bonchev–Trinajstić information content (AvgIpc) is 4.05. The molecule has 4 aliphatic rings. The van der Waals surface area contributed by atoms with Gasteiger partial charge < -0.3 is 29.7 Å². The average molecular weight is 842 g/mol. The van der Waals surface area contributed by atoms with Crippen molar-refractivity contribution in [2.45, 2.75) is 126 Å². The lowest BCUT2D eigenvalue weighted by Crippen LogP contribution is -2.60. The first-order chi connectivity index (χ1) is 27.2. The van der Waals surface area contributed by atoms with Gasteiger partial charge in [-0.3, -0.25) is 19.1 Å². The fourth-order valence-corrected chi connectivity index (χ4v) is 9.56. The van der Waals surface area contributed by atoms with Crippen molar-refractivity contribution in [3.63, 3.8) is 0 Å². The molecule has 2 aliphatic carbocycles. The number of rotatable bonds is 9. The third-order valence-corrected chi connectivity index (χ3v) is 14.3. The van der Waals surface area contributed by atoms with Crippen LogP contribution in [0.2, 0.25) is 0 Å². The number of nitrogens with zero attached hydrogens (tertiary/aromatic N) is 2. The van der Waals surface area contributed by atoms with Gasteiger partial charge in [-0.2, -0.15) is 13.2 Å². The Labute approximate surface area is 334 Å². The van der Waals surface area contributed by atoms with E-state index in [1.807, 2.05) is 11.6 Å². The van der Waals surface area contributed by atoms with Crippen molar-refractivity contribution in [1.82, 2.24) is 25.2 Å². The zero-order chi connectivity index (χ0) is 42.4. The van der Waals surface area contributed by atoms with Crippen LogP contribution in [-0.4, -0.2) is 103 Å². The second-order valence-electron chi connectivity index (χ2n) is 16.9. The normalized spacial score (nSPS) is 29.2. The van der Waals surface area contributed by atoms with Gasteiger partial charge in [0, 0.05) is 18.0 Å². The van der Waals surface area contributed by atoms with Crippen molar-refractivity contribution in [2.75, 3.05) is 20.3 Å². The van der Waals surface area contributed by atoms with Crippen LogP contribution in [0, 0.1) is 17.8 Å². The van der Waals surface area contributed by atoms with Crippen LogP contribution < -0.4 is 24.8 Å². The standard InChI is InChI=1S/C39H51F4N5O9S/c1-22-8-6-7-9-25-19-38(25,34(51)47-58(53,54)37(21-40)13-14-37)46-31(49)29-18-27(56-32-28-11-10-26(55-5)17-24(28)12-15-44-32)20-48(29)33(50)30(23(2)16-22)45-35(52)57-36(3,4)39(41,42)43/h10-12,15,17,22-23,25,27,29-30H,6-9,13-14,16,18-21H2,1-5H3,(H,45,52)(H,46,49)(H,47,51)/t22-,23+,25+,27+,29-,30-,38+/m0/s1. The molecular formula is C39H51F4N5O9S. The molecule has 2 aliphatic heterocycles. The number of hydrogen-bond donors (Lipinski definition) is 3. The van der Waals surface area contributed by atoms with Gasteiger partial charge in [-0.1, -0.05) is 33.1 Å². The summed E-state index contributed by atoms with van der Waals surface area (Å²) in [4.78, 5) is 61.8. The van der Waals surface area contributed by atoms with Crippen molar-refractivity contribution < 1.29 is 59.4 Å². The molecule has 19 heteroatoms. The van der Waals surface area contributed by atoms with Gasteiger partial charge in [0.25, 0.3) is 5.91 Å². The van der Waals surface area contributed by atoms with Crippen LogP contribution in [0.15, 0.2) is 30.5 Å². The molecule has 0 spiro atoms. The van der Waals surface area contributed by atoms with E-state index in [9.17, 15) is 45.2 Å². The summed E-state index contributed by atoms with van der Waals surface area (Å²) in [7, 11) is -2.92. The van der Waals surface area contributed by atoms with Crippen molar-refractivity contribution >= 4 is 44.6 Å². The number of pyridine rings is 1. The first-order valence-corrected chi connectivity index (χ1v) is 21.0. The molecule has 0 bridgehead atoms. The maximum absolute atomic E-state index is 14.7. The Morgan fingerprint density at radius 3 is 2.43 bits per heavy atom. The van der Waals surface area contributed by atoms with Crippen LogP contribution >= 0.6 is 0 Å². The van der Waals surface area contributed by atoms with Gasteiger partial charge in [-0.25, -0.2) is 22.6 Å². The molecule has 320 valence electrons. The van der Waals surface area contributed by atoms with E-state index >= 15 is 0 Å². The molecule has 58 heavy (non-hydrogen) atoms. The summed E-state index contributed by atoms with van der Waals surface area (Å²) in [5, 5.41) is 6.46. The lowest BCUT2D eigenvalue weighted by atomic mass is 9.87. The first kappa shape index (κ1) is 43.2. The molecule has 6 rings (SSSR count). The predicted octanol–water partition coefficient (Wildman–Crippen LogP) is 5.09. The lowest BCUT2D eigenvalue weighted by Gasteiger charge is -2.34. The summed E-state index contributed by atoms with van der Waals surface area (Å²) in [6.07, 6.45) is -2.94. The molecule has 1 aromatic heterocycles. The lowest BCUT2D eigenvalue weighted by molar-refractivity contribution is -0.244. The predicted molar refractivity (Wildman–Crippen MR) is 202 cm³/mol. The zero-order valence-electron chi connectivity index (χ0n) is 33.1. The van der Waals surface area contributed by atoms with Crippen molar-refractivity contribution in [1.29, 1.82) is 0 Å². The molecule has 2 aromatic rings. The number of amides is 4. The number of nitrogens with one attached hydrogen (secondary N) is 3. The van der Waals surface area contributed by atoms with Crippen molar-refractivity contribution in [3.8, 4) is 11.6 Å². The number of ether oxygens (including phenoxy) is 3. The number of halogens is 4. The minimum absolute atomic E-state index is 0.0195. The summed E-state index contributed by atoms with van der Waals surface area (Å²) in [5.74, 6) is -2.97. The van der Waals surface area contributed by atoms with E-state index in [2.05, 4.69) is 15.6 Å². The highest BCUT2D eigenvalue weighted by atomic mass is 32.2. The summed E-state index contributed by atoms with van der Waals surface area (Å²) in [6.45, 7) is 3.58. The number of alkyl carbamates (subject to hydrolysis) is 1. The van der Waals surface area contributed by atoms with E-state index in [0.29, 0.717) is 57.1 Å². The van der Waals surface area contributed by atoms with E-state index in [1.54, 1.807) is 31.2 Å². The minimum Gasteiger partial charge on any atom is -0.497 e. The molecular weight excluding hydrogens is 791 g/mol. The molecule has 4 amide bonds. The highest BCUT2D eigenvalue weighted by Crippen LogP contribution is 2.49. The van der Waals surface area contributed by atoms with Crippen LogP contribution in [-0.2, 0) is 29.1 Å². The SMILES string of the molecule is COc1ccc2c(O[C@@H]3C[C@H]4C(=O)N[C@]5(C(=O)NS(=O)(=O)C6(CF)CC6)C[C@H]5CCCC[C@H](C)C[C@@H](C)[C@H](NC(=O)OC(C)(C)C(F)(F)F)C(=O)N4C3)nccc2c1. The molecule has 4 fully saturated rings. The highest BCUT2D eigenvalue weighted by Gasteiger charge is 2.64. The first-order valence-electron chi connectivity index (χ1n) is 19.6. The van der Waals surface area contributed by atoms with Gasteiger partial charge in [0.1, 0.15) is 40.9 Å². The fourth-order valence-electron chi connectivity index (χ4n) is 8.13. The Morgan fingerprint density at radius 2 is 1.78 bits per heavy atom. The van der Waals surface area contributed by atoms with Gasteiger partial charge in [0.05, 0.1) is 13.7 Å². The quantitative estimate of drug-likeness (QED) is 0.288. The van der Waals surface area contributed by atoms with Gasteiger partial charge in [-0.05, 0) is 93.4 Å². The van der Waals surface area contributed by atoms with Gasteiger partial charge in [0.2, 0.25) is 33.3 Å². The van der Waals surface area contributed by atoms with Gasteiger partial charge >= 0.3 is 12.3 Å². The number of benzene rings is 1. The summed E-state index contributed by atoms with van der Waals surface area (Å²) < 4.78 is 98.2. The maximum Gasteiger partial charge on any atom is 0.427 e. The minimum atomic E-state index is -4.92. The molecule has 1 aromatic carbocycles. The molecule has 0 unspecified atom stereocenters. The van der Waals surface area contributed by atoms with E-state index < -0.39 is 92.6 Å². The fraction of sp³-hybridized carbons (Fsp3) is 0.667. The Hall–Kier alpha value is -4.42. The molecule has 14 nitrogen and oxygen atoms in total. The van der Waals surface area contributed by atoms with Crippen LogP contribution in [0.1, 0.15) is 85.5 Å². The smallest absolute Gasteiger partial charge is 0.427 e. The third kappa shape index (κ3) is 8.64. The number of carbonyl (C=O) groups excluding carboxylic acids is 4. The van der Waals surface area contributed by atoms with E-state index in [1.165, 1.54) is 13.3 Å². The number of aromatic nitrogens is 1. The molecule has 2 saturated carbocycles.